The number of hydrogen-bond acceptors (Lipinski definition) is 9. The Morgan fingerprint density at radius 2 is 1.84 bits per heavy atom. The molecule has 2 aromatic heterocycles. The lowest BCUT2D eigenvalue weighted by atomic mass is 9.93. The second kappa shape index (κ2) is 13.1. The zero-order valence-electron chi connectivity index (χ0n) is 24.4. The maximum atomic E-state index is 14.2. The number of aryl methyl sites for hydroxylation is 1. The van der Waals surface area contributed by atoms with Gasteiger partial charge in [-0.2, -0.15) is 10.4 Å². The number of hydrogen-bond donors (Lipinski definition) is 0. The number of sulfonamides is 1. The molecule has 0 bridgehead atoms. The largest absolute Gasteiger partial charge is 0.497 e. The molecule has 0 amide bonds. The first-order valence-corrected chi connectivity index (χ1v) is 15.5. The first kappa shape index (κ1) is 29.8. The molecule has 1 fully saturated rings. The average molecular weight is 603 g/mol. The van der Waals surface area contributed by atoms with Gasteiger partial charge in [0.2, 0.25) is 0 Å². The molecular formula is C31H34N6O5S. The molecule has 0 N–H and O–H groups in total. The van der Waals surface area contributed by atoms with Gasteiger partial charge in [0.1, 0.15) is 41.6 Å². The Hall–Kier alpha value is -4.63. The molecule has 2 atom stereocenters. The minimum atomic E-state index is -4.20. The SMILES string of the molecule is COc1ccc(CN(c2ccncn2)S(=O)(=O)c2ccc(O[C@H]3CCCCC[C@@H]3c3ccnn3C)c(C#N)c2)c(OC)c1. The molecule has 12 heteroatoms. The van der Waals surface area contributed by atoms with Crippen LogP contribution in [0.15, 0.2) is 72.1 Å². The number of ether oxygens (including phenoxy) is 3. The summed E-state index contributed by atoms with van der Waals surface area (Å²) in [6.45, 7) is -0.0822. The monoisotopic (exact) mass is 602 g/mol. The van der Waals surface area contributed by atoms with Gasteiger partial charge in [-0.15, -0.1) is 0 Å². The summed E-state index contributed by atoms with van der Waals surface area (Å²) in [5.74, 6) is 1.67. The Morgan fingerprint density at radius 3 is 2.53 bits per heavy atom. The van der Waals surface area contributed by atoms with Crippen molar-refractivity contribution in [1.82, 2.24) is 19.7 Å². The summed E-state index contributed by atoms with van der Waals surface area (Å²) in [7, 11) is 0.774. The van der Waals surface area contributed by atoms with Gasteiger partial charge in [-0.1, -0.05) is 12.8 Å². The molecule has 4 aromatic rings. The van der Waals surface area contributed by atoms with Crippen LogP contribution in [0.1, 0.15) is 54.8 Å². The van der Waals surface area contributed by atoms with Crippen LogP contribution in [0, 0.1) is 11.3 Å². The van der Waals surface area contributed by atoms with Gasteiger partial charge in [0.05, 0.1) is 31.2 Å². The fourth-order valence-corrected chi connectivity index (χ4v) is 6.93. The van der Waals surface area contributed by atoms with Crippen molar-refractivity contribution >= 4 is 15.8 Å². The zero-order valence-corrected chi connectivity index (χ0v) is 25.2. The lowest BCUT2D eigenvalue weighted by Crippen LogP contribution is -2.31. The van der Waals surface area contributed by atoms with Crippen LogP contribution < -0.4 is 18.5 Å². The second-order valence-corrected chi connectivity index (χ2v) is 12.2. The number of nitriles is 1. The molecule has 0 unspecified atom stereocenters. The number of rotatable bonds is 10. The zero-order chi connectivity index (χ0) is 30.4. The summed E-state index contributed by atoms with van der Waals surface area (Å²) in [4.78, 5) is 8.09. The minimum absolute atomic E-state index is 0.0634. The Labute approximate surface area is 251 Å². The van der Waals surface area contributed by atoms with E-state index >= 15 is 0 Å². The van der Waals surface area contributed by atoms with E-state index in [1.807, 2.05) is 17.8 Å². The molecule has 1 aliphatic rings. The number of methoxy groups -OCH3 is 2. The van der Waals surface area contributed by atoms with Crippen molar-refractivity contribution in [2.45, 2.75) is 55.6 Å². The van der Waals surface area contributed by atoms with Crippen LogP contribution in [0.25, 0.3) is 0 Å². The van der Waals surface area contributed by atoms with Crippen LogP contribution in [0.3, 0.4) is 0 Å². The van der Waals surface area contributed by atoms with Crippen molar-refractivity contribution in [3.63, 3.8) is 0 Å². The summed E-state index contributed by atoms with van der Waals surface area (Å²) < 4.78 is 48.7. The molecule has 0 radical (unpaired) electrons. The molecule has 5 rings (SSSR count). The van der Waals surface area contributed by atoms with E-state index in [9.17, 15) is 13.7 Å². The first-order valence-electron chi connectivity index (χ1n) is 14.0. The Morgan fingerprint density at radius 1 is 1.00 bits per heavy atom. The lowest BCUT2D eigenvalue weighted by Gasteiger charge is -2.27. The predicted octanol–water partition coefficient (Wildman–Crippen LogP) is 4.99. The quantitative estimate of drug-likeness (QED) is 0.230. The van der Waals surface area contributed by atoms with Crippen molar-refractivity contribution in [2.24, 2.45) is 7.05 Å². The molecule has 1 saturated carbocycles. The van der Waals surface area contributed by atoms with Crippen LogP contribution >= 0.6 is 0 Å². The molecule has 1 aliphatic carbocycles. The highest BCUT2D eigenvalue weighted by atomic mass is 32.2. The van der Waals surface area contributed by atoms with E-state index in [1.54, 1.807) is 37.6 Å². The summed E-state index contributed by atoms with van der Waals surface area (Å²) in [6.07, 6.45) is 9.33. The maximum Gasteiger partial charge on any atom is 0.265 e. The van der Waals surface area contributed by atoms with Gasteiger partial charge in [-0.25, -0.2) is 22.7 Å². The van der Waals surface area contributed by atoms with Crippen molar-refractivity contribution in [2.75, 3.05) is 18.5 Å². The first-order chi connectivity index (χ1) is 20.8. The molecule has 2 aromatic carbocycles. The van der Waals surface area contributed by atoms with Gasteiger partial charge in [-0.3, -0.25) is 4.68 Å². The molecule has 2 heterocycles. The van der Waals surface area contributed by atoms with E-state index in [2.05, 4.69) is 21.1 Å². The summed E-state index contributed by atoms with van der Waals surface area (Å²) in [5, 5.41) is 14.4. The topological polar surface area (TPSA) is 132 Å². The standard InChI is InChI=1S/C31H34N6O5S/c1-36-27(13-16-35-36)26-7-5-4-6-8-29(26)42-28-12-11-25(17-23(28)19-32)43(38,39)37(31-14-15-33-21-34-31)20-22-9-10-24(40-2)18-30(22)41-3/h9-18,21,26,29H,4-8,20H2,1-3H3/t26-,29+/m1/s1. The smallest absolute Gasteiger partial charge is 0.265 e. The summed E-state index contributed by atoms with van der Waals surface area (Å²) in [6, 6.07) is 15.2. The van der Waals surface area contributed by atoms with Crippen molar-refractivity contribution in [3.8, 4) is 23.3 Å². The predicted molar refractivity (Wildman–Crippen MR) is 160 cm³/mol. The third-order valence-corrected chi connectivity index (χ3v) is 9.51. The van der Waals surface area contributed by atoms with Crippen LogP contribution in [0.5, 0.6) is 17.2 Å². The van der Waals surface area contributed by atoms with Crippen molar-refractivity contribution < 1.29 is 22.6 Å². The van der Waals surface area contributed by atoms with Crippen LogP contribution in [-0.4, -0.2) is 48.5 Å². The van der Waals surface area contributed by atoms with Gasteiger partial charge < -0.3 is 14.2 Å². The lowest BCUT2D eigenvalue weighted by molar-refractivity contribution is 0.157. The fraction of sp³-hybridized carbons (Fsp3) is 0.355. The summed E-state index contributed by atoms with van der Waals surface area (Å²) >= 11 is 0. The molecule has 43 heavy (non-hydrogen) atoms. The van der Waals surface area contributed by atoms with E-state index in [4.69, 9.17) is 14.2 Å². The highest BCUT2D eigenvalue weighted by Crippen LogP contribution is 2.37. The Balaban J connectivity index is 1.49. The molecule has 224 valence electrons. The van der Waals surface area contributed by atoms with E-state index in [1.165, 1.54) is 42.1 Å². The second-order valence-electron chi connectivity index (χ2n) is 10.3. The highest BCUT2D eigenvalue weighted by Gasteiger charge is 2.31. The van der Waals surface area contributed by atoms with Gasteiger partial charge >= 0.3 is 0 Å². The third kappa shape index (κ3) is 6.41. The fourth-order valence-electron chi connectivity index (χ4n) is 5.51. The van der Waals surface area contributed by atoms with E-state index in [0.29, 0.717) is 22.8 Å². The molecular weight excluding hydrogens is 568 g/mol. The normalized spacial score (nSPS) is 17.0. The Kier molecular flexibility index (Phi) is 9.11. The van der Waals surface area contributed by atoms with Crippen molar-refractivity contribution in [1.29, 1.82) is 5.26 Å². The van der Waals surface area contributed by atoms with Crippen molar-refractivity contribution in [3.05, 3.63) is 84.1 Å². The van der Waals surface area contributed by atoms with E-state index in [0.717, 1.165) is 37.8 Å². The number of nitrogens with zero attached hydrogens (tertiary/aromatic N) is 6. The maximum absolute atomic E-state index is 14.2. The third-order valence-electron chi connectivity index (χ3n) is 7.76. The van der Waals surface area contributed by atoms with Gasteiger partial charge in [0.25, 0.3) is 10.0 Å². The molecule has 0 spiro atoms. The van der Waals surface area contributed by atoms with Crippen LogP contribution in [0.2, 0.25) is 0 Å². The number of aromatic nitrogens is 4. The van der Waals surface area contributed by atoms with Gasteiger partial charge in [0, 0.05) is 48.7 Å². The molecule has 0 aliphatic heterocycles. The van der Waals surface area contributed by atoms with Gasteiger partial charge in [-0.05, 0) is 55.7 Å². The number of benzene rings is 2. The number of anilines is 1. The van der Waals surface area contributed by atoms with Crippen LogP contribution in [-0.2, 0) is 23.6 Å². The minimum Gasteiger partial charge on any atom is -0.497 e. The van der Waals surface area contributed by atoms with E-state index in [-0.39, 0.29) is 34.8 Å². The summed E-state index contributed by atoms with van der Waals surface area (Å²) in [5.41, 5.74) is 1.82. The average Bonchev–Trinajstić information content (AvgIpc) is 3.33. The molecule has 0 saturated heterocycles. The Bertz CT molecular complexity index is 1700. The highest BCUT2D eigenvalue weighted by molar-refractivity contribution is 7.92. The van der Waals surface area contributed by atoms with E-state index < -0.39 is 10.0 Å². The molecule has 11 nitrogen and oxygen atoms in total. The van der Waals surface area contributed by atoms with Gasteiger partial charge in [0.15, 0.2) is 0 Å². The van der Waals surface area contributed by atoms with Crippen LogP contribution in [0.4, 0.5) is 5.82 Å².